The molecule has 5 heteroatoms. The molecule has 16 heavy (non-hydrogen) atoms. The lowest BCUT2D eigenvalue weighted by molar-refractivity contribution is -0.351. The van der Waals surface area contributed by atoms with Gasteiger partial charge in [-0.3, -0.25) is 4.79 Å². The van der Waals surface area contributed by atoms with Crippen LogP contribution in [0.3, 0.4) is 0 Å². The Morgan fingerprint density at radius 3 is 2.44 bits per heavy atom. The highest BCUT2D eigenvalue weighted by Crippen LogP contribution is 2.45. The van der Waals surface area contributed by atoms with Gasteiger partial charge in [-0.15, -0.1) is 0 Å². The Morgan fingerprint density at radius 2 is 1.94 bits per heavy atom. The third-order valence-corrected chi connectivity index (χ3v) is 3.45. The molecule has 1 fully saturated rings. The smallest absolute Gasteiger partial charge is 0.235 e. The van der Waals surface area contributed by atoms with Crippen molar-refractivity contribution in [3.63, 3.8) is 0 Å². The number of ether oxygens (including phenoxy) is 4. The Labute approximate surface area is 94.3 Å². The molecule has 0 amide bonds. The molecule has 2 bridgehead atoms. The minimum atomic E-state index is -1.22. The van der Waals surface area contributed by atoms with Crippen LogP contribution in [0.25, 0.3) is 0 Å². The van der Waals surface area contributed by atoms with Crippen molar-refractivity contribution in [2.45, 2.75) is 30.0 Å². The maximum Gasteiger partial charge on any atom is 0.235 e. The van der Waals surface area contributed by atoms with Crippen LogP contribution >= 0.6 is 0 Å². The summed E-state index contributed by atoms with van der Waals surface area (Å²) in [6.45, 7) is 0. The van der Waals surface area contributed by atoms with Gasteiger partial charge in [0.25, 0.3) is 0 Å². The molecule has 0 aromatic rings. The fourth-order valence-electron chi connectivity index (χ4n) is 2.58. The van der Waals surface area contributed by atoms with Crippen molar-refractivity contribution in [3.8, 4) is 0 Å². The van der Waals surface area contributed by atoms with Gasteiger partial charge in [0, 0.05) is 27.8 Å². The van der Waals surface area contributed by atoms with Crippen molar-refractivity contribution < 1.29 is 23.7 Å². The average Bonchev–Trinajstić information content (AvgIpc) is 2.74. The van der Waals surface area contributed by atoms with Gasteiger partial charge in [0.15, 0.2) is 11.9 Å². The van der Waals surface area contributed by atoms with Crippen LogP contribution in [0.15, 0.2) is 12.2 Å². The normalized spacial score (nSPS) is 39.9. The van der Waals surface area contributed by atoms with E-state index in [4.69, 9.17) is 18.9 Å². The zero-order valence-corrected chi connectivity index (χ0v) is 9.64. The molecule has 90 valence electrons. The molecule has 2 aliphatic heterocycles. The molecule has 2 aliphatic rings. The standard InChI is InChI=1S/C11H16O5/c1-13-10(7-12)6-8-4-5-9(16-8)11(10,14-2)15-3/h4-5,7-9H,6H2,1-3H3/t8-,9-,10?/m1/s1. The highest BCUT2D eigenvalue weighted by molar-refractivity contribution is 5.66. The van der Waals surface area contributed by atoms with Gasteiger partial charge in [-0.1, -0.05) is 12.2 Å². The third kappa shape index (κ3) is 1.23. The molecular weight excluding hydrogens is 212 g/mol. The van der Waals surface area contributed by atoms with E-state index >= 15 is 0 Å². The number of hydrogen-bond donors (Lipinski definition) is 0. The van der Waals surface area contributed by atoms with Crippen LogP contribution in [0, 0.1) is 0 Å². The van der Waals surface area contributed by atoms with E-state index in [1.54, 1.807) is 0 Å². The van der Waals surface area contributed by atoms with E-state index in [0.717, 1.165) is 6.29 Å². The van der Waals surface area contributed by atoms with Crippen molar-refractivity contribution in [2.24, 2.45) is 0 Å². The number of carbonyl (C=O) groups excluding carboxylic acids is 1. The molecule has 0 aliphatic carbocycles. The number of methoxy groups -OCH3 is 3. The molecule has 2 heterocycles. The van der Waals surface area contributed by atoms with Gasteiger partial charge < -0.3 is 18.9 Å². The van der Waals surface area contributed by atoms with Crippen LogP contribution in [0.2, 0.25) is 0 Å². The Kier molecular flexibility index (Phi) is 2.88. The number of fused-ring (bicyclic) bond motifs is 2. The second-order valence-corrected chi connectivity index (χ2v) is 3.97. The van der Waals surface area contributed by atoms with Crippen LogP contribution in [-0.4, -0.2) is 51.2 Å². The molecule has 0 saturated carbocycles. The molecule has 2 rings (SSSR count). The molecule has 0 radical (unpaired) electrons. The lowest BCUT2D eigenvalue weighted by Gasteiger charge is -2.50. The van der Waals surface area contributed by atoms with Gasteiger partial charge in [-0.25, -0.2) is 0 Å². The van der Waals surface area contributed by atoms with E-state index in [2.05, 4.69) is 0 Å². The SMILES string of the molecule is COC1(C=O)C[C@H]2C=C[C@@H](O2)C1(OC)OC. The monoisotopic (exact) mass is 228 g/mol. The van der Waals surface area contributed by atoms with E-state index < -0.39 is 17.5 Å². The van der Waals surface area contributed by atoms with Gasteiger partial charge in [-0.2, -0.15) is 0 Å². The first-order chi connectivity index (χ1) is 7.68. The topological polar surface area (TPSA) is 54.0 Å². The maximum atomic E-state index is 11.4. The first kappa shape index (κ1) is 11.7. The minimum Gasteiger partial charge on any atom is -0.365 e. The molecule has 0 aromatic carbocycles. The summed E-state index contributed by atoms with van der Waals surface area (Å²) in [5.41, 5.74) is -1.13. The first-order valence-corrected chi connectivity index (χ1v) is 5.13. The van der Waals surface area contributed by atoms with E-state index in [9.17, 15) is 4.79 Å². The summed E-state index contributed by atoms with van der Waals surface area (Å²) in [4.78, 5) is 11.4. The Bertz CT molecular complexity index is 309. The highest BCUT2D eigenvalue weighted by Gasteiger charge is 2.64. The highest BCUT2D eigenvalue weighted by atomic mass is 16.7. The van der Waals surface area contributed by atoms with Crippen molar-refractivity contribution in [3.05, 3.63) is 12.2 Å². The lowest BCUT2D eigenvalue weighted by atomic mass is 9.84. The van der Waals surface area contributed by atoms with Gasteiger partial charge >= 0.3 is 0 Å². The lowest BCUT2D eigenvalue weighted by Crippen LogP contribution is -2.68. The van der Waals surface area contributed by atoms with Gasteiger partial charge in [0.1, 0.15) is 6.10 Å². The quantitative estimate of drug-likeness (QED) is 0.393. The summed E-state index contributed by atoms with van der Waals surface area (Å²) in [5, 5.41) is 0. The molecule has 3 atom stereocenters. The first-order valence-electron chi connectivity index (χ1n) is 5.13. The average molecular weight is 228 g/mol. The van der Waals surface area contributed by atoms with Crippen molar-refractivity contribution in [1.82, 2.24) is 0 Å². The molecule has 1 unspecified atom stereocenters. The molecule has 5 nitrogen and oxygen atoms in total. The fraction of sp³-hybridized carbons (Fsp3) is 0.727. The number of hydrogen-bond acceptors (Lipinski definition) is 5. The number of aldehydes is 1. The van der Waals surface area contributed by atoms with Crippen LogP contribution in [-0.2, 0) is 23.7 Å². The summed E-state index contributed by atoms with van der Waals surface area (Å²) in [5.74, 6) is -1.22. The largest absolute Gasteiger partial charge is 0.365 e. The van der Waals surface area contributed by atoms with Gasteiger partial charge in [0.05, 0.1) is 6.10 Å². The summed E-state index contributed by atoms with van der Waals surface area (Å²) >= 11 is 0. The van der Waals surface area contributed by atoms with Crippen LogP contribution < -0.4 is 0 Å². The van der Waals surface area contributed by atoms with E-state index in [1.807, 2.05) is 12.2 Å². The summed E-state index contributed by atoms with van der Waals surface area (Å²) in [6, 6.07) is 0. The summed E-state index contributed by atoms with van der Waals surface area (Å²) in [6.07, 6.45) is 4.35. The minimum absolute atomic E-state index is 0.117. The fourth-order valence-corrected chi connectivity index (χ4v) is 2.58. The summed E-state index contributed by atoms with van der Waals surface area (Å²) < 4.78 is 21.8. The Morgan fingerprint density at radius 1 is 1.25 bits per heavy atom. The van der Waals surface area contributed by atoms with Crippen molar-refractivity contribution in [1.29, 1.82) is 0 Å². The molecule has 0 aromatic heterocycles. The third-order valence-electron chi connectivity index (χ3n) is 3.45. The zero-order valence-electron chi connectivity index (χ0n) is 9.64. The molecule has 0 spiro atoms. The summed E-state index contributed by atoms with van der Waals surface area (Å²) in [7, 11) is 4.44. The van der Waals surface area contributed by atoms with Crippen molar-refractivity contribution >= 4 is 6.29 Å². The maximum absolute atomic E-state index is 11.4. The Hall–Kier alpha value is -0.750. The van der Waals surface area contributed by atoms with Gasteiger partial charge in [-0.05, 0) is 0 Å². The van der Waals surface area contributed by atoms with Crippen molar-refractivity contribution in [2.75, 3.05) is 21.3 Å². The van der Waals surface area contributed by atoms with E-state index in [0.29, 0.717) is 6.42 Å². The Balaban J connectivity index is 2.47. The van der Waals surface area contributed by atoms with E-state index in [1.165, 1.54) is 21.3 Å². The second kappa shape index (κ2) is 3.92. The number of rotatable bonds is 4. The zero-order chi connectivity index (χ0) is 11.8. The van der Waals surface area contributed by atoms with E-state index in [-0.39, 0.29) is 6.10 Å². The number of carbonyl (C=O) groups is 1. The molecular formula is C11H16O5. The van der Waals surface area contributed by atoms with Crippen LogP contribution in [0.4, 0.5) is 0 Å². The van der Waals surface area contributed by atoms with Crippen LogP contribution in [0.1, 0.15) is 6.42 Å². The van der Waals surface area contributed by atoms with Gasteiger partial charge in [0.2, 0.25) is 5.79 Å². The molecule has 0 N–H and O–H groups in total. The second-order valence-electron chi connectivity index (χ2n) is 3.97. The predicted molar refractivity (Wildman–Crippen MR) is 55.0 cm³/mol. The molecule has 1 saturated heterocycles. The predicted octanol–water partition coefficient (Wildman–Crippen LogP) is 0.287. The van der Waals surface area contributed by atoms with Crippen LogP contribution in [0.5, 0.6) is 0 Å².